The van der Waals surface area contributed by atoms with Crippen LogP contribution in [0.15, 0.2) is 30.3 Å². The normalized spacial score (nSPS) is 12.4. The van der Waals surface area contributed by atoms with Crippen LogP contribution in [0, 0.1) is 5.92 Å². The lowest BCUT2D eigenvalue weighted by molar-refractivity contribution is -0.121. The second-order valence-electron chi connectivity index (χ2n) is 4.90. The van der Waals surface area contributed by atoms with Crippen molar-refractivity contribution < 1.29 is 4.79 Å². The van der Waals surface area contributed by atoms with Crippen molar-refractivity contribution in [2.45, 2.75) is 37.9 Å². The van der Waals surface area contributed by atoms with Crippen LogP contribution in [0.5, 0.6) is 0 Å². The Balaban J connectivity index is 2.14. The molecule has 2 nitrogen and oxygen atoms in total. The molecule has 1 rings (SSSR count). The lowest BCUT2D eigenvalue weighted by atomic mass is 10.1. The molecular weight excluding hydrogens is 290 g/mol. The summed E-state index contributed by atoms with van der Waals surface area (Å²) in [7, 11) is 0. The highest BCUT2D eigenvalue weighted by molar-refractivity contribution is 9.09. The largest absolute Gasteiger partial charge is 0.355 e. The molecule has 1 amide bonds. The third-order valence-electron chi connectivity index (χ3n) is 2.93. The van der Waals surface area contributed by atoms with Gasteiger partial charge in [0.2, 0.25) is 5.91 Å². The fourth-order valence-corrected chi connectivity index (χ4v) is 1.80. The summed E-state index contributed by atoms with van der Waals surface area (Å²) in [5, 5.41) is 2.96. The van der Waals surface area contributed by atoms with Crippen molar-refractivity contribution in [2.75, 3.05) is 6.54 Å². The van der Waals surface area contributed by atoms with Gasteiger partial charge in [0, 0.05) is 17.8 Å². The van der Waals surface area contributed by atoms with Crippen LogP contribution in [0.2, 0.25) is 0 Å². The number of alkyl halides is 1. The van der Waals surface area contributed by atoms with Gasteiger partial charge in [-0.25, -0.2) is 0 Å². The number of hydrogen-bond donors (Lipinski definition) is 1. The van der Waals surface area contributed by atoms with Crippen LogP contribution >= 0.6 is 15.9 Å². The first-order valence-corrected chi connectivity index (χ1v) is 7.46. The van der Waals surface area contributed by atoms with E-state index < -0.39 is 0 Å². The summed E-state index contributed by atoms with van der Waals surface area (Å²) in [5.74, 6) is 0.686. The number of amides is 1. The van der Waals surface area contributed by atoms with Gasteiger partial charge in [-0.15, -0.1) is 0 Å². The molecule has 1 aromatic rings. The molecule has 1 atom stereocenters. The Hall–Kier alpha value is -0.830. The van der Waals surface area contributed by atoms with Crippen LogP contribution in [-0.4, -0.2) is 17.3 Å². The zero-order valence-electron chi connectivity index (χ0n) is 11.2. The van der Waals surface area contributed by atoms with Crippen LogP contribution in [0.3, 0.4) is 0 Å². The van der Waals surface area contributed by atoms with Gasteiger partial charge >= 0.3 is 0 Å². The average molecular weight is 312 g/mol. The van der Waals surface area contributed by atoms with Crippen molar-refractivity contribution in [1.29, 1.82) is 0 Å². The standard InChI is InChI=1S/C15H22BrNO/c1-12(2)14(16)11-17-15(18)10-6-9-13-7-4-3-5-8-13/h3-5,7-8,12,14H,6,9-11H2,1-2H3,(H,17,18). The van der Waals surface area contributed by atoms with Gasteiger partial charge in [0.05, 0.1) is 0 Å². The molecule has 0 aliphatic carbocycles. The van der Waals surface area contributed by atoms with E-state index in [4.69, 9.17) is 0 Å². The molecule has 0 fully saturated rings. The molecule has 1 unspecified atom stereocenters. The van der Waals surface area contributed by atoms with Crippen molar-refractivity contribution in [3.63, 3.8) is 0 Å². The Morgan fingerprint density at radius 2 is 1.94 bits per heavy atom. The lowest BCUT2D eigenvalue weighted by Crippen LogP contribution is -2.31. The van der Waals surface area contributed by atoms with E-state index in [1.165, 1.54) is 5.56 Å². The summed E-state index contributed by atoms with van der Waals surface area (Å²) in [6, 6.07) is 10.3. The van der Waals surface area contributed by atoms with Crippen molar-refractivity contribution >= 4 is 21.8 Å². The van der Waals surface area contributed by atoms with Gasteiger partial charge < -0.3 is 5.32 Å². The fraction of sp³-hybridized carbons (Fsp3) is 0.533. The van der Waals surface area contributed by atoms with E-state index >= 15 is 0 Å². The monoisotopic (exact) mass is 311 g/mol. The van der Waals surface area contributed by atoms with E-state index in [-0.39, 0.29) is 5.91 Å². The highest BCUT2D eigenvalue weighted by atomic mass is 79.9. The van der Waals surface area contributed by atoms with Crippen LogP contribution in [0.25, 0.3) is 0 Å². The van der Waals surface area contributed by atoms with Crippen LogP contribution in [0.1, 0.15) is 32.3 Å². The van der Waals surface area contributed by atoms with Gasteiger partial charge in [0.15, 0.2) is 0 Å². The maximum Gasteiger partial charge on any atom is 0.220 e. The van der Waals surface area contributed by atoms with E-state index in [1.807, 2.05) is 18.2 Å². The van der Waals surface area contributed by atoms with Crippen molar-refractivity contribution in [1.82, 2.24) is 5.32 Å². The number of hydrogen-bond acceptors (Lipinski definition) is 1. The Morgan fingerprint density at radius 3 is 2.56 bits per heavy atom. The molecule has 0 heterocycles. The topological polar surface area (TPSA) is 29.1 Å². The number of benzene rings is 1. The van der Waals surface area contributed by atoms with Gasteiger partial charge in [0.25, 0.3) is 0 Å². The predicted octanol–water partition coefficient (Wildman–Crippen LogP) is 3.55. The van der Waals surface area contributed by atoms with Crippen LogP contribution in [-0.2, 0) is 11.2 Å². The maximum atomic E-state index is 11.6. The van der Waals surface area contributed by atoms with E-state index in [1.54, 1.807) is 0 Å². The Morgan fingerprint density at radius 1 is 1.28 bits per heavy atom. The van der Waals surface area contributed by atoms with E-state index in [0.717, 1.165) is 12.8 Å². The van der Waals surface area contributed by atoms with Gasteiger partial charge in [-0.2, -0.15) is 0 Å². The number of carbonyl (C=O) groups excluding carboxylic acids is 1. The molecule has 1 N–H and O–H groups in total. The second-order valence-corrected chi connectivity index (χ2v) is 6.08. The molecule has 100 valence electrons. The van der Waals surface area contributed by atoms with E-state index in [9.17, 15) is 4.79 Å². The predicted molar refractivity (Wildman–Crippen MR) is 79.9 cm³/mol. The summed E-state index contributed by atoms with van der Waals surface area (Å²) >= 11 is 3.56. The minimum absolute atomic E-state index is 0.149. The molecule has 0 aromatic heterocycles. The zero-order valence-corrected chi connectivity index (χ0v) is 12.7. The van der Waals surface area contributed by atoms with Gasteiger partial charge in [-0.3, -0.25) is 4.79 Å². The molecule has 3 heteroatoms. The Bertz CT molecular complexity index is 351. The molecule has 0 aliphatic heterocycles. The summed E-state index contributed by atoms with van der Waals surface area (Å²) in [6.45, 7) is 4.99. The zero-order chi connectivity index (χ0) is 13.4. The third kappa shape index (κ3) is 6.20. The molecule has 0 radical (unpaired) electrons. The number of aryl methyl sites for hydroxylation is 1. The summed E-state index contributed by atoms with van der Waals surface area (Å²) < 4.78 is 0. The third-order valence-corrected chi connectivity index (χ3v) is 4.31. The fourth-order valence-electron chi connectivity index (χ4n) is 1.63. The first-order valence-electron chi connectivity index (χ1n) is 6.54. The van der Waals surface area contributed by atoms with Crippen LogP contribution < -0.4 is 5.32 Å². The molecule has 0 saturated heterocycles. The highest BCUT2D eigenvalue weighted by Gasteiger charge is 2.10. The smallest absolute Gasteiger partial charge is 0.220 e. The summed E-state index contributed by atoms with van der Waals surface area (Å²) in [4.78, 5) is 12.0. The highest BCUT2D eigenvalue weighted by Crippen LogP contribution is 2.10. The Kier molecular flexibility index (Phi) is 7.02. The first kappa shape index (κ1) is 15.2. The number of nitrogens with one attached hydrogen (secondary N) is 1. The number of rotatable bonds is 7. The molecular formula is C15H22BrNO. The van der Waals surface area contributed by atoms with Crippen LogP contribution in [0.4, 0.5) is 0 Å². The minimum Gasteiger partial charge on any atom is -0.355 e. The molecule has 0 spiro atoms. The SMILES string of the molecule is CC(C)C(Br)CNC(=O)CCCc1ccccc1. The summed E-state index contributed by atoms with van der Waals surface area (Å²) in [5.41, 5.74) is 1.30. The van der Waals surface area contributed by atoms with Gasteiger partial charge in [-0.1, -0.05) is 60.1 Å². The quantitative estimate of drug-likeness (QED) is 0.767. The molecule has 0 bridgehead atoms. The molecule has 0 saturated carbocycles. The minimum atomic E-state index is 0.149. The molecule has 0 aliphatic rings. The number of carbonyl (C=O) groups is 1. The summed E-state index contributed by atoms with van der Waals surface area (Å²) in [6.07, 6.45) is 2.48. The van der Waals surface area contributed by atoms with E-state index in [2.05, 4.69) is 47.2 Å². The molecule has 18 heavy (non-hydrogen) atoms. The average Bonchev–Trinajstić information content (AvgIpc) is 2.37. The first-order chi connectivity index (χ1) is 8.59. The second kappa shape index (κ2) is 8.30. The van der Waals surface area contributed by atoms with Gasteiger partial charge in [-0.05, 0) is 24.3 Å². The Labute approximate surface area is 118 Å². The molecule has 1 aromatic carbocycles. The van der Waals surface area contributed by atoms with Crippen molar-refractivity contribution in [3.05, 3.63) is 35.9 Å². The maximum absolute atomic E-state index is 11.6. The van der Waals surface area contributed by atoms with Crippen molar-refractivity contribution in [3.8, 4) is 0 Å². The van der Waals surface area contributed by atoms with Crippen molar-refractivity contribution in [2.24, 2.45) is 5.92 Å². The van der Waals surface area contributed by atoms with Gasteiger partial charge in [0.1, 0.15) is 0 Å². The number of halogens is 1. The van der Waals surface area contributed by atoms with E-state index in [0.29, 0.717) is 23.7 Å². The lowest BCUT2D eigenvalue weighted by Gasteiger charge is -2.14.